The Hall–Kier alpha value is -2.20. The zero-order chi connectivity index (χ0) is 13.8. The van der Waals surface area contributed by atoms with Crippen molar-refractivity contribution in [1.29, 1.82) is 0 Å². The third kappa shape index (κ3) is 2.86. The Morgan fingerprint density at radius 3 is 2.70 bits per heavy atom. The lowest BCUT2D eigenvalue weighted by Gasteiger charge is -2.01. The number of aromatic nitrogens is 2. The standard InChI is InChI=1S/C16H17N3O/c1-17-11-15-19-16-14(20-15)9-13(10-18-16)8-7-12-5-3-2-4-6-12/h2-6,9-10,17H,7-8,11H2,1H3. The van der Waals surface area contributed by atoms with Crippen LogP contribution in [-0.2, 0) is 19.4 Å². The molecular formula is C16H17N3O. The molecule has 102 valence electrons. The Morgan fingerprint density at radius 2 is 1.90 bits per heavy atom. The van der Waals surface area contributed by atoms with Crippen LogP contribution in [0, 0.1) is 0 Å². The van der Waals surface area contributed by atoms with E-state index < -0.39 is 0 Å². The van der Waals surface area contributed by atoms with Crippen LogP contribution in [0.25, 0.3) is 11.2 Å². The largest absolute Gasteiger partial charge is 0.438 e. The molecule has 0 unspecified atom stereocenters. The Kier molecular flexibility index (Phi) is 3.74. The van der Waals surface area contributed by atoms with Crippen LogP contribution in [0.1, 0.15) is 17.0 Å². The molecule has 0 aliphatic heterocycles. The monoisotopic (exact) mass is 267 g/mol. The van der Waals surface area contributed by atoms with Crippen LogP contribution in [0.4, 0.5) is 0 Å². The third-order valence-corrected chi connectivity index (χ3v) is 3.22. The van der Waals surface area contributed by atoms with Crippen molar-refractivity contribution >= 4 is 11.2 Å². The van der Waals surface area contributed by atoms with E-state index in [1.807, 2.05) is 25.4 Å². The Labute approximate surface area is 117 Å². The lowest BCUT2D eigenvalue weighted by Crippen LogP contribution is -2.04. The van der Waals surface area contributed by atoms with E-state index in [9.17, 15) is 0 Å². The van der Waals surface area contributed by atoms with Gasteiger partial charge in [-0.25, -0.2) is 4.98 Å². The molecule has 2 aromatic heterocycles. The fraction of sp³-hybridized carbons (Fsp3) is 0.250. The molecule has 20 heavy (non-hydrogen) atoms. The molecule has 2 heterocycles. The van der Waals surface area contributed by atoms with E-state index in [0.717, 1.165) is 18.4 Å². The van der Waals surface area contributed by atoms with Crippen molar-refractivity contribution in [3.63, 3.8) is 0 Å². The predicted molar refractivity (Wildman–Crippen MR) is 78.4 cm³/mol. The summed E-state index contributed by atoms with van der Waals surface area (Å²) in [5.41, 5.74) is 3.95. The van der Waals surface area contributed by atoms with Crippen LogP contribution in [0.2, 0.25) is 0 Å². The second-order valence-electron chi connectivity index (χ2n) is 4.79. The van der Waals surface area contributed by atoms with Crippen LogP contribution in [0.5, 0.6) is 0 Å². The van der Waals surface area contributed by atoms with E-state index in [2.05, 4.69) is 39.6 Å². The smallest absolute Gasteiger partial charge is 0.211 e. The lowest BCUT2D eigenvalue weighted by molar-refractivity contribution is 0.511. The zero-order valence-electron chi connectivity index (χ0n) is 11.5. The first kappa shape index (κ1) is 12.8. The summed E-state index contributed by atoms with van der Waals surface area (Å²) in [5, 5.41) is 3.02. The van der Waals surface area contributed by atoms with Gasteiger partial charge in [-0.05, 0) is 37.1 Å². The maximum atomic E-state index is 5.67. The molecule has 1 aromatic carbocycles. The van der Waals surface area contributed by atoms with Crippen molar-refractivity contribution in [2.24, 2.45) is 0 Å². The topological polar surface area (TPSA) is 51.0 Å². The molecule has 0 radical (unpaired) electrons. The Bertz CT molecular complexity index is 691. The molecule has 0 aliphatic rings. The molecule has 4 heteroatoms. The zero-order valence-corrected chi connectivity index (χ0v) is 11.5. The first-order valence-electron chi connectivity index (χ1n) is 6.78. The summed E-state index contributed by atoms with van der Waals surface area (Å²) >= 11 is 0. The van der Waals surface area contributed by atoms with Gasteiger partial charge in [-0.1, -0.05) is 30.3 Å². The molecule has 0 fully saturated rings. The number of fused-ring (bicyclic) bond motifs is 1. The molecule has 3 rings (SSSR count). The van der Waals surface area contributed by atoms with Crippen LogP contribution < -0.4 is 5.32 Å². The molecule has 0 saturated heterocycles. The molecule has 0 saturated carbocycles. The van der Waals surface area contributed by atoms with Gasteiger partial charge in [0.15, 0.2) is 11.2 Å². The highest BCUT2D eigenvalue weighted by Crippen LogP contribution is 2.16. The van der Waals surface area contributed by atoms with Crippen LogP contribution >= 0.6 is 0 Å². The summed E-state index contributed by atoms with van der Waals surface area (Å²) in [7, 11) is 1.87. The Balaban J connectivity index is 1.75. The molecule has 0 spiro atoms. The van der Waals surface area contributed by atoms with E-state index in [4.69, 9.17) is 4.42 Å². The molecule has 0 atom stereocenters. The molecule has 4 nitrogen and oxygen atoms in total. The van der Waals surface area contributed by atoms with E-state index in [0.29, 0.717) is 18.1 Å². The van der Waals surface area contributed by atoms with Crippen LogP contribution in [-0.4, -0.2) is 17.0 Å². The minimum absolute atomic E-state index is 0.621. The fourth-order valence-electron chi connectivity index (χ4n) is 2.20. The first-order chi connectivity index (χ1) is 9.85. The van der Waals surface area contributed by atoms with Gasteiger partial charge < -0.3 is 9.73 Å². The summed E-state index contributed by atoms with van der Waals surface area (Å²) < 4.78 is 5.67. The number of nitrogens with zero attached hydrogens (tertiary/aromatic N) is 2. The number of pyridine rings is 1. The van der Waals surface area contributed by atoms with Gasteiger partial charge >= 0.3 is 0 Å². The summed E-state index contributed by atoms with van der Waals surface area (Å²) in [6.07, 6.45) is 3.84. The van der Waals surface area contributed by atoms with E-state index >= 15 is 0 Å². The van der Waals surface area contributed by atoms with Gasteiger partial charge in [-0.2, -0.15) is 4.98 Å². The number of hydrogen-bond donors (Lipinski definition) is 1. The summed E-state index contributed by atoms with van der Waals surface area (Å²) in [5.74, 6) is 0.676. The van der Waals surface area contributed by atoms with Gasteiger partial charge in [0.2, 0.25) is 5.89 Å². The van der Waals surface area contributed by atoms with Crippen molar-refractivity contribution in [2.75, 3.05) is 7.05 Å². The van der Waals surface area contributed by atoms with Crippen molar-refractivity contribution in [3.8, 4) is 0 Å². The highest BCUT2D eigenvalue weighted by Gasteiger charge is 2.07. The maximum absolute atomic E-state index is 5.67. The number of oxazole rings is 1. The second kappa shape index (κ2) is 5.84. The number of nitrogens with one attached hydrogen (secondary N) is 1. The van der Waals surface area contributed by atoms with Crippen molar-refractivity contribution in [3.05, 3.63) is 59.6 Å². The second-order valence-corrected chi connectivity index (χ2v) is 4.79. The quantitative estimate of drug-likeness (QED) is 0.772. The van der Waals surface area contributed by atoms with Gasteiger partial charge in [0.05, 0.1) is 6.54 Å². The summed E-state index contributed by atoms with van der Waals surface area (Å²) in [6, 6.07) is 12.5. The average molecular weight is 267 g/mol. The summed E-state index contributed by atoms with van der Waals surface area (Å²) in [4.78, 5) is 8.69. The van der Waals surface area contributed by atoms with Crippen molar-refractivity contribution < 1.29 is 4.42 Å². The highest BCUT2D eigenvalue weighted by atomic mass is 16.3. The van der Waals surface area contributed by atoms with Crippen molar-refractivity contribution in [2.45, 2.75) is 19.4 Å². The normalized spacial score (nSPS) is 11.1. The van der Waals surface area contributed by atoms with Crippen LogP contribution in [0.15, 0.2) is 47.0 Å². The molecule has 1 N–H and O–H groups in total. The van der Waals surface area contributed by atoms with Gasteiger partial charge in [-0.3, -0.25) is 0 Å². The van der Waals surface area contributed by atoms with Gasteiger partial charge in [0.1, 0.15) is 0 Å². The number of hydrogen-bond acceptors (Lipinski definition) is 4. The molecule has 0 bridgehead atoms. The minimum atomic E-state index is 0.621. The van der Waals surface area contributed by atoms with Gasteiger partial charge in [0.25, 0.3) is 0 Å². The van der Waals surface area contributed by atoms with E-state index in [1.165, 1.54) is 11.1 Å². The highest BCUT2D eigenvalue weighted by molar-refractivity contribution is 5.68. The van der Waals surface area contributed by atoms with Gasteiger partial charge in [0, 0.05) is 6.20 Å². The lowest BCUT2D eigenvalue weighted by atomic mass is 10.1. The van der Waals surface area contributed by atoms with Gasteiger partial charge in [-0.15, -0.1) is 0 Å². The average Bonchev–Trinajstić information content (AvgIpc) is 2.88. The molecule has 0 aliphatic carbocycles. The van der Waals surface area contributed by atoms with E-state index in [-0.39, 0.29) is 0 Å². The van der Waals surface area contributed by atoms with E-state index in [1.54, 1.807) is 0 Å². The predicted octanol–water partition coefficient (Wildman–Crippen LogP) is 2.73. The molecular weight excluding hydrogens is 250 g/mol. The summed E-state index contributed by atoms with van der Waals surface area (Å²) in [6.45, 7) is 0.621. The number of rotatable bonds is 5. The first-order valence-corrected chi connectivity index (χ1v) is 6.78. The minimum Gasteiger partial charge on any atom is -0.438 e. The maximum Gasteiger partial charge on any atom is 0.211 e. The molecule has 0 amide bonds. The van der Waals surface area contributed by atoms with Crippen LogP contribution in [0.3, 0.4) is 0 Å². The SMILES string of the molecule is CNCc1nc2ncc(CCc3ccccc3)cc2o1. The third-order valence-electron chi connectivity index (χ3n) is 3.22. The Morgan fingerprint density at radius 1 is 1.10 bits per heavy atom. The molecule has 3 aromatic rings. The number of aryl methyl sites for hydroxylation is 2. The fourth-order valence-corrected chi connectivity index (χ4v) is 2.20. The van der Waals surface area contributed by atoms with Crippen molar-refractivity contribution in [1.82, 2.24) is 15.3 Å². The number of benzene rings is 1.